The molecular formula is C19H23NO3. The summed E-state index contributed by atoms with van der Waals surface area (Å²) < 4.78 is 5.21. The highest BCUT2D eigenvalue weighted by atomic mass is 16.6. The minimum absolute atomic E-state index is 0.256. The number of phenolic OH excluding ortho intramolecular Hbond substituents is 1. The van der Waals surface area contributed by atoms with Crippen molar-refractivity contribution in [2.24, 2.45) is 0 Å². The molecule has 0 spiro atoms. The van der Waals surface area contributed by atoms with Crippen LogP contribution in [0.15, 0.2) is 48.5 Å². The second-order valence-corrected chi connectivity index (χ2v) is 6.43. The van der Waals surface area contributed by atoms with Gasteiger partial charge in [0.1, 0.15) is 11.4 Å². The zero-order valence-corrected chi connectivity index (χ0v) is 13.8. The maximum absolute atomic E-state index is 11.6. The van der Waals surface area contributed by atoms with Crippen molar-refractivity contribution in [1.29, 1.82) is 0 Å². The van der Waals surface area contributed by atoms with E-state index < -0.39 is 11.7 Å². The first-order valence-corrected chi connectivity index (χ1v) is 7.69. The molecule has 2 rings (SSSR count). The number of hydrogen-bond donors (Lipinski definition) is 2. The summed E-state index contributed by atoms with van der Waals surface area (Å²) in [5.41, 5.74) is 2.78. The van der Waals surface area contributed by atoms with Crippen LogP contribution in [0.5, 0.6) is 5.75 Å². The summed E-state index contributed by atoms with van der Waals surface area (Å²) in [4.78, 5) is 11.6. The quantitative estimate of drug-likeness (QED) is 0.892. The molecule has 0 atom stereocenters. The van der Waals surface area contributed by atoms with Crippen molar-refractivity contribution in [3.63, 3.8) is 0 Å². The fraction of sp³-hybridized carbons (Fsp3) is 0.316. The van der Waals surface area contributed by atoms with E-state index >= 15 is 0 Å². The van der Waals surface area contributed by atoms with E-state index in [0.29, 0.717) is 6.54 Å². The van der Waals surface area contributed by atoms with Crippen molar-refractivity contribution in [2.45, 2.75) is 32.8 Å². The number of carbonyl (C=O) groups is 1. The fourth-order valence-electron chi connectivity index (χ4n) is 2.18. The number of amides is 1. The number of hydrogen-bond acceptors (Lipinski definition) is 3. The van der Waals surface area contributed by atoms with E-state index in [0.717, 1.165) is 23.1 Å². The van der Waals surface area contributed by atoms with Gasteiger partial charge in [-0.3, -0.25) is 0 Å². The van der Waals surface area contributed by atoms with Gasteiger partial charge in [-0.15, -0.1) is 0 Å². The molecule has 0 saturated heterocycles. The number of alkyl carbamates (subject to hydrolysis) is 1. The Kier molecular flexibility index (Phi) is 5.27. The largest absolute Gasteiger partial charge is 0.508 e. The van der Waals surface area contributed by atoms with Gasteiger partial charge in [-0.05, 0) is 56.0 Å². The Morgan fingerprint density at radius 2 is 1.78 bits per heavy atom. The highest BCUT2D eigenvalue weighted by Crippen LogP contribution is 2.22. The number of benzene rings is 2. The van der Waals surface area contributed by atoms with Crippen LogP contribution in [0.4, 0.5) is 4.79 Å². The first kappa shape index (κ1) is 16.9. The molecule has 0 saturated carbocycles. The van der Waals surface area contributed by atoms with Gasteiger partial charge in [0.2, 0.25) is 0 Å². The van der Waals surface area contributed by atoms with Crippen molar-refractivity contribution in [2.75, 3.05) is 6.54 Å². The Balaban J connectivity index is 1.93. The van der Waals surface area contributed by atoms with Gasteiger partial charge in [0.25, 0.3) is 0 Å². The van der Waals surface area contributed by atoms with Crippen LogP contribution >= 0.6 is 0 Å². The fourth-order valence-corrected chi connectivity index (χ4v) is 2.18. The molecule has 122 valence electrons. The zero-order valence-electron chi connectivity index (χ0n) is 13.8. The summed E-state index contributed by atoms with van der Waals surface area (Å²) in [6.45, 7) is 6.04. The normalized spacial score (nSPS) is 11.1. The number of rotatable bonds is 4. The number of carbonyl (C=O) groups excluding carboxylic acids is 1. The lowest BCUT2D eigenvalue weighted by molar-refractivity contribution is 0.0528. The predicted octanol–water partition coefficient (Wildman–Crippen LogP) is 4.13. The summed E-state index contributed by atoms with van der Waals surface area (Å²) in [5.74, 6) is 0.256. The summed E-state index contributed by atoms with van der Waals surface area (Å²) >= 11 is 0. The van der Waals surface area contributed by atoms with E-state index in [4.69, 9.17) is 4.74 Å². The standard InChI is InChI=1S/C19H23NO3/c1-19(2,3)23-18(22)20-12-11-14-5-4-6-16(13-14)15-7-9-17(21)10-8-15/h4-10,13,21H,11-12H2,1-3H3,(H,20,22). The monoisotopic (exact) mass is 313 g/mol. The van der Waals surface area contributed by atoms with Crippen LogP contribution in [0.2, 0.25) is 0 Å². The van der Waals surface area contributed by atoms with Gasteiger partial charge >= 0.3 is 6.09 Å². The molecule has 2 aromatic carbocycles. The van der Waals surface area contributed by atoms with Crippen LogP contribution in [-0.4, -0.2) is 23.3 Å². The van der Waals surface area contributed by atoms with Crippen LogP contribution in [0.3, 0.4) is 0 Å². The maximum atomic E-state index is 11.6. The summed E-state index contributed by atoms with van der Waals surface area (Å²) in [5, 5.41) is 12.1. The molecule has 0 heterocycles. The third-order valence-corrected chi connectivity index (χ3v) is 3.21. The van der Waals surface area contributed by atoms with Crippen molar-refractivity contribution < 1.29 is 14.6 Å². The molecule has 2 N–H and O–H groups in total. The highest BCUT2D eigenvalue weighted by molar-refractivity contribution is 5.68. The van der Waals surface area contributed by atoms with E-state index in [1.165, 1.54) is 0 Å². The third-order valence-electron chi connectivity index (χ3n) is 3.21. The molecule has 0 aromatic heterocycles. The average molecular weight is 313 g/mol. The molecule has 0 unspecified atom stereocenters. The molecule has 0 aliphatic carbocycles. The Morgan fingerprint density at radius 1 is 1.09 bits per heavy atom. The smallest absolute Gasteiger partial charge is 0.407 e. The molecule has 0 aliphatic rings. The highest BCUT2D eigenvalue weighted by Gasteiger charge is 2.15. The second kappa shape index (κ2) is 7.18. The summed E-state index contributed by atoms with van der Waals surface area (Å²) in [6.07, 6.45) is 0.331. The zero-order chi connectivity index (χ0) is 16.9. The lowest BCUT2D eigenvalue weighted by Gasteiger charge is -2.19. The van der Waals surface area contributed by atoms with Crippen LogP contribution in [-0.2, 0) is 11.2 Å². The second-order valence-electron chi connectivity index (χ2n) is 6.43. The van der Waals surface area contributed by atoms with Gasteiger partial charge in [0.15, 0.2) is 0 Å². The summed E-state index contributed by atoms with van der Waals surface area (Å²) in [7, 11) is 0. The average Bonchev–Trinajstić information content (AvgIpc) is 2.46. The summed E-state index contributed by atoms with van der Waals surface area (Å²) in [6, 6.07) is 15.2. The molecule has 0 bridgehead atoms. The molecular weight excluding hydrogens is 290 g/mol. The van der Waals surface area contributed by atoms with Crippen molar-refractivity contribution in [3.8, 4) is 16.9 Å². The first-order chi connectivity index (χ1) is 10.8. The van der Waals surface area contributed by atoms with Gasteiger partial charge in [-0.1, -0.05) is 36.4 Å². The predicted molar refractivity (Wildman–Crippen MR) is 91.5 cm³/mol. The topological polar surface area (TPSA) is 58.6 Å². The molecule has 1 amide bonds. The Labute approximate surface area is 137 Å². The Bertz CT molecular complexity index is 657. The molecule has 4 nitrogen and oxygen atoms in total. The van der Waals surface area contributed by atoms with Crippen LogP contribution in [0.1, 0.15) is 26.3 Å². The third kappa shape index (κ3) is 5.66. The van der Waals surface area contributed by atoms with E-state index in [1.54, 1.807) is 12.1 Å². The van der Waals surface area contributed by atoms with Crippen molar-refractivity contribution >= 4 is 6.09 Å². The number of aromatic hydroxyl groups is 1. The van der Waals surface area contributed by atoms with E-state index in [9.17, 15) is 9.90 Å². The Morgan fingerprint density at radius 3 is 2.43 bits per heavy atom. The van der Waals surface area contributed by atoms with Crippen molar-refractivity contribution in [3.05, 3.63) is 54.1 Å². The van der Waals surface area contributed by atoms with E-state index in [-0.39, 0.29) is 5.75 Å². The lowest BCUT2D eigenvalue weighted by atomic mass is 10.0. The number of nitrogens with one attached hydrogen (secondary N) is 1. The van der Waals surface area contributed by atoms with Crippen LogP contribution < -0.4 is 5.32 Å². The maximum Gasteiger partial charge on any atom is 0.407 e. The lowest BCUT2D eigenvalue weighted by Crippen LogP contribution is -2.33. The SMILES string of the molecule is CC(C)(C)OC(=O)NCCc1cccc(-c2ccc(O)cc2)c1. The van der Waals surface area contributed by atoms with E-state index in [2.05, 4.69) is 11.4 Å². The van der Waals surface area contributed by atoms with Gasteiger partial charge in [-0.2, -0.15) is 0 Å². The van der Waals surface area contributed by atoms with Gasteiger partial charge in [0.05, 0.1) is 0 Å². The number of phenols is 1. The van der Waals surface area contributed by atoms with Crippen LogP contribution in [0, 0.1) is 0 Å². The molecule has 4 heteroatoms. The number of ether oxygens (including phenoxy) is 1. The van der Waals surface area contributed by atoms with E-state index in [1.807, 2.05) is 51.1 Å². The molecule has 0 fully saturated rings. The molecule has 0 radical (unpaired) electrons. The van der Waals surface area contributed by atoms with Crippen molar-refractivity contribution in [1.82, 2.24) is 5.32 Å². The van der Waals surface area contributed by atoms with Crippen LogP contribution in [0.25, 0.3) is 11.1 Å². The Hall–Kier alpha value is -2.49. The van der Waals surface area contributed by atoms with Gasteiger partial charge in [-0.25, -0.2) is 4.79 Å². The molecule has 2 aromatic rings. The molecule has 0 aliphatic heterocycles. The minimum Gasteiger partial charge on any atom is -0.508 e. The van der Waals surface area contributed by atoms with Gasteiger partial charge in [0, 0.05) is 6.54 Å². The van der Waals surface area contributed by atoms with Gasteiger partial charge < -0.3 is 15.2 Å². The minimum atomic E-state index is -0.483. The first-order valence-electron chi connectivity index (χ1n) is 7.69. The molecule has 23 heavy (non-hydrogen) atoms.